The molecule has 0 radical (unpaired) electrons. The molecule has 0 amide bonds. The minimum absolute atomic E-state index is 0.179. The number of hydrogen-bond donors (Lipinski definition) is 1. The monoisotopic (exact) mass is 353 g/mol. The van der Waals surface area contributed by atoms with Gasteiger partial charge < -0.3 is 10.3 Å². The van der Waals surface area contributed by atoms with E-state index in [4.69, 9.17) is 10.3 Å². The topological polar surface area (TPSA) is 64.9 Å². The van der Waals surface area contributed by atoms with Crippen LogP contribution in [0.3, 0.4) is 0 Å². The van der Waals surface area contributed by atoms with Gasteiger partial charge in [0.05, 0.1) is 11.1 Å². The summed E-state index contributed by atoms with van der Waals surface area (Å²) in [5.74, 6) is 0.275. The van der Waals surface area contributed by atoms with Crippen molar-refractivity contribution in [3.05, 3.63) is 34.3 Å². The van der Waals surface area contributed by atoms with Crippen LogP contribution in [-0.2, 0) is 5.54 Å². The van der Waals surface area contributed by atoms with E-state index in [1.54, 1.807) is 12.1 Å². The first-order chi connectivity index (χ1) is 10.1. The summed E-state index contributed by atoms with van der Waals surface area (Å²) in [6.07, 6.45) is 6.17. The maximum Gasteiger partial charge on any atom is 0.261 e. The normalized spacial score (nSPS) is 18.4. The molecule has 0 bridgehead atoms. The van der Waals surface area contributed by atoms with Gasteiger partial charge in [-0.3, -0.25) is 0 Å². The first-order valence-corrected chi connectivity index (χ1v) is 7.96. The number of nitrogens with zero attached hydrogens (tertiary/aromatic N) is 2. The van der Waals surface area contributed by atoms with Crippen LogP contribution >= 0.6 is 15.9 Å². The van der Waals surface area contributed by atoms with E-state index in [0.29, 0.717) is 11.4 Å². The van der Waals surface area contributed by atoms with Crippen LogP contribution in [0.4, 0.5) is 4.39 Å². The highest BCUT2D eigenvalue weighted by molar-refractivity contribution is 9.10. The first-order valence-electron chi connectivity index (χ1n) is 7.17. The molecule has 1 aromatic heterocycles. The molecule has 0 atom stereocenters. The Labute approximate surface area is 131 Å². The molecule has 0 aliphatic heterocycles. The maximum absolute atomic E-state index is 13.9. The second kappa shape index (κ2) is 5.85. The van der Waals surface area contributed by atoms with Crippen LogP contribution in [0.5, 0.6) is 0 Å². The van der Waals surface area contributed by atoms with E-state index in [1.807, 2.05) is 0 Å². The SMILES string of the molecule is NC1(c2noc(-c3cc(Br)ccc3F)n2)CCCCCC1. The van der Waals surface area contributed by atoms with Crippen molar-refractivity contribution in [2.75, 3.05) is 0 Å². The Morgan fingerprint density at radius 3 is 2.62 bits per heavy atom. The Hall–Kier alpha value is -1.27. The fraction of sp³-hybridized carbons (Fsp3) is 0.467. The van der Waals surface area contributed by atoms with Crippen LogP contribution < -0.4 is 5.73 Å². The van der Waals surface area contributed by atoms with Crippen molar-refractivity contribution in [3.63, 3.8) is 0 Å². The van der Waals surface area contributed by atoms with Gasteiger partial charge in [0.15, 0.2) is 5.82 Å². The Bertz CT molecular complexity index is 636. The fourth-order valence-electron chi connectivity index (χ4n) is 2.78. The van der Waals surface area contributed by atoms with Gasteiger partial charge in [-0.2, -0.15) is 4.98 Å². The Kier molecular flexibility index (Phi) is 4.08. The van der Waals surface area contributed by atoms with Gasteiger partial charge in [-0.25, -0.2) is 4.39 Å². The van der Waals surface area contributed by atoms with Gasteiger partial charge in [0.25, 0.3) is 5.89 Å². The van der Waals surface area contributed by atoms with E-state index in [1.165, 1.54) is 18.9 Å². The summed E-state index contributed by atoms with van der Waals surface area (Å²) < 4.78 is 19.9. The predicted molar refractivity (Wildman–Crippen MR) is 81.0 cm³/mol. The fourth-order valence-corrected chi connectivity index (χ4v) is 3.14. The third-order valence-electron chi connectivity index (χ3n) is 4.03. The quantitative estimate of drug-likeness (QED) is 0.823. The molecular formula is C15H17BrFN3O. The average molecular weight is 354 g/mol. The largest absolute Gasteiger partial charge is 0.334 e. The Balaban J connectivity index is 1.94. The molecule has 2 aromatic rings. The van der Waals surface area contributed by atoms with Gasteiger partial charge >= 0.3 is 0 Å². The second-order valence-electron chi connectivity index (χ2n) is 5.62. The molecule has 0 spiro atoms. The highest BCUT2D eigenvalue weighted by Gasteiger charge is 2.33. The van der Waals surface area contributed by atoms with Gasteiger partial charge in [-0.05, 0) is 31.0 Å². The van der Waals surface area contributed by atoms with Crippen LogP contribution in [0, 0.1) is 5.82 Å². The molecule has 112 valence electrons. The molecule has 1 heterocycles. The lowest BCUT2D eigenvalue weighted by Gasteiger charge is -2.23. The molecule has 4 nitrogen and oxygen atoms in total. The lowest BCUT2D eigenvalue weighted by molar-refractivity contribution is 0.334. The molecule has 6 heteroatoms. The summed E-state index contributed by atoms with van der Waals surface area (Å²) in [6.45, 7) is 0. The number of halogens is 2. The van der Waals surface area contributed by atoms with Crippen molar-refractivity contribution in [2.45, 2.75) is 44.1 Å². The van der Waals surface area contributed by atoms with E-state index in [9.17, 15) is 4.39 Å². The van der Waals surface area contributed by atoms with E-state index >= 15 is 0 Å². The molecular weight excluding hydrogens is 337 g/mol. The van der Waals surface area contributed by atoms with Gasteiger partial charge in [0.1, 0.15) is 5.82 Å². The minimum atomic E-state index is -0.555. The molecule has 21 heavy (non-hydrogen) atoms. The summed E-state index contributed by atoms with van der Waals surface area (Å²) in [7, 11) is 0. The van der Waals surface area contributed by atoms with Crippen LogP contribution in [0.25, 0.3) is 11.5 Å². The third kappa shape index (κ3) is 3.01. The van der Waals surface area contributed by atoms with Crippen LogP contribution in [0.2, 0.25) is 0 Å². The van der Waals surface area contributed by atoms with Gasteiger partial charge in [-0.15, -0.1) is 0 Å². The number of rotatable bonds is 2. The molecule has 1 aliphatic carbocycles. The first kappa shape index (κ1) is 14.7. The zero-order chi connectivity index (χ0) is 14.9. The maximum atomic E-state index is 13.9. The zero-order valence-corrected chi connectivity index (χ0v) is 13.2. The van der Waals surface area contributed by atoms with Crippen LogP contribution in [0.1, 0.15) is 44.3 Å². The minimum Gasteiger partial charge on any atom is -0.334 e. The number of aromatic nitrogens is 2. The molecule has 0 saturated heterocycles. The standard InChI is InChI=1S/C15H17BrFN3O/c16-10-5-6-12(17)11(9-10)13-19-14(20-21-13)15(18)7-3-1-2-4-8-15/h5-6,9H,1-4,7-8,18H2. The summed E-state index contributed by atoms with van der Waals surface area (Å²) in [4.78, 5) is 4.36. The van der Waals surface area contributed by atoms with Gasteiger partial charge in [0, 0.05) is 4.47 Å². The highest BCUT2D eigenvalue weighted by atomic mass is 79.9. The summed E-state index contributed by atoms with van der Waals surface area (Å²) >= 11 is 3.32. The number of hydrogen-bond acceptors (Lipinski definition) is 4. The van der Waals surface area contributed by atoms with Crippen molar-refractivity contribution in [3.8, 4) is 11.5 Å². The van der Waals surface area contributed by atoms with E-state index < -0.39 is 5.54 Å². The molecule has 3 rings (SSSR count). The van der Waals surface area contributed by atoms with Crippen LogP contribution in [-0.4, -0.2) is 10.1 Å². The van der Waals surface area contributed by atoms with Crippen molar-refractivity contribution in [1.82, 2.24) is 10.1 Å². The molecule has 1 saturated carbocycles. The smallest absolute Gasteiger partial charge is 0.261 e. The van der Waals surface area contributed by atoms with Gasteiger partial charge in [-0.1, -0.05) is 46.8 Å². The number of nitrogens with two attached hydrogens (primary N) is 1. The Morgan fingerprint density at radius 2 is 1.90 bits per heavy atom. The molecule has 0 unspecified atom stereocenters. The molecule has 2 N–H and O–H groups in total. The van der Waals surface area contributed by atoms with Crippen LogP contribution in [0.15, 0.2) is 27.2 Å². The van der Waals surface area contributed by atoms with Crippen molar-refractivity contribution in [1.29, 1.82) is 0 Å². The van der Waals surface area contributed by atoms with E-state index in [0.717, 1.165) is 30.2 Å². The van der Waals surface area contributed by atoms with Crippen molar-refractivity contribution in [2.24, 2.45) is 5.73 Å². The summed E-state index contributed by atoms with van der Waals surface area (Å²) in [5.41, 5.74) is 6.19. The second-order valence-corrected chi connectivity index (χ2v) is 6.53. The summed E-state index contributed by atoms with van der Waals surface area (Å²) in [6, 6.07) is 4.63. The summed E-state index contributed by atoms with van der Waals surface area (Å²) in [5, 5.41) is 4.01. The average Bonchev–Trinajstić information content (AvgIpc) is 2.86. The lowest BCUT2D eigenvalue weighted by Crippen LogP contribution is -2.37. The highest BCUT2D eigenvalue weighted by Crippen LogP contribution is 2.33. The number of benzene rings is 1. The van der Waals surface area contributed by atoms with Crippen molar-refractivity contribution >= 4 is 15.9 Å². The third-order valence-corrected chi connectivity index (χ3v) is 4.52. The molecule has 1 aromatic carbocycles. The van der Waals surface area contributed by atoms with Gasteiger partial charge in [0.2, 0.25) is 0 Å². The molecule has 1 fully saturated rings. The van der Waals surface area contributed by atoms with Crippen molar-refractivity contribution < 1.29 is 8.91 Å². The molecule has 1 aliphatic rings. The Morgan fingerprint density at radius 1 is 1.19 bits per heavy atom. The predicted octanol–water partition coefficient (Wildman–Crippen LogP) is 4.15. The van der Waals surface area contributed by atoms with E-state index in [2.05, 4.69) is 26.1 Å². The van der Waals surface area contributed by atoms with E-state index in [-0.39, 0.29) is 11.7 Å². The lowest BCUT2D eigenvalue weighted by atomic mass is 9.91. The zero-order valence-electron chi connectivity index (χ0n) is 11.6.